The quantitative estimate of drug-likeness (QED) is 0.823. The van der Waals surface area contributed by atoms with Crippen LogP contribution in [0.5, 0.6) is 0 Å². The van der Waals surface area contributed by atoms with Gasteiger partial charge in [-0.25, -0.2) is 0 Å². The molecule has 1 unspecified atom stereocenters. The van der Waals surface area contributed by atoms with Gasteiger partial charge in [0.1, 0.15) is 0 Å². The summed E-state index contributed by atoms with van der Waals surface area (Å²) in [5.41, 5.74) is 7.08. The summed E-state index contributed by atoms with van der Waals surface area (Å²) < 4.78 is 0.978. The molecule has 1 rings (SSSR count). The van der Waals surface area contributed by atoms with Gasteiger partial charge in [-0.3, -0.25) is 4.98 Å². The Bertz CT molecular complexity index is 286. The average molecular weight is 241 g/mol. The molecule has 0 spiro atoms. The topological polar surface area (TPSA) is 38.9 Å². The minimum absolute atomic E-state index is 0.0652. The third-order valence-electron chi connectivity index (χ3n) is 1.89. The maximum Gasteiger partial charge on any atom is 0.0413 e. The van der Waals surface area contributed by atoms with E-state index in [0.29, 0.717) is 0 Å². The van der Waals surface area contributed by atoms with Crippen molar-refractivity contribution in [3.63, 3.8) is 0 Å². The van der Waals surface area contributed by atoms with Crippen molar-refractivity contribution in [3.8, 4) is 0 Å². The molecule has 0 aliphatic carbocycles. The average Bonchev–Trinajstić information content (AvgIpc) is 2.15. The van der Waals surface area contributed by atoms with Crippen molar-refractivity contribution in [1.29, 1.82) is 0 Å². The Morgan fingerprint density at radius 1 is 1.69 bits per heavy atom. The second-order valence-corrected chi connectivity index (χ2v) is 3.72. The van der Waals surface area contributed by atoms with Gasteiger partial charge in [0, 0.05) is 22.9 Å². The first-order valence-electron chi connectivity index (χ1n) is 4.21. The SMILES string of the molecule is C=CCCC(N)c1ccncc1Br. The molecular weight excluding hydrogens is 228 g/mol. The Hall–Kier alpha value is -0.670. The molecule has 1 aromatic rings. The molecule has 0 aromatic carbocycles. The fraction of sp³-hybridized carbons (Fsp3) is 0.300. The minimum Gasteiger partial charge on any atom is -0.324 e. The van der Waals surface area contributed by atoms with Crippen LogP contribution >= 0.6 is 15.9 Å². The molecule has 0 saturated carbocycles. The minimum atomic E-state index is 0.0652. The van der Waals surface area contributed by atoms with E-state index in [1.165, 1.54) is 0 Å². The van der Waals surface area contributed by atoms with Crippen molar-refractivity contribution in [2.45, 2.75) is 18.9 Å². The van der Waals surface area contributed by atoms with Crippen LogP contribution in [0.3, 0.4) is 0 Å². The molecule has 1 aromatic heterocycles. The lowest BCUT2D eigenvalue weighted by atomic mass is 10.0. The van der Waals surface area contributed by atoms with Crippen LogP contribution in [0, 0.1) is 0 Å². The summed E-state index contributed by atoms with van der Waals surface area (Å²) in [6.07, 6.45) is 7.27. The van der Waals surface area contributed by atoms with Crippen LogP contribution in [0.25, 0.3) is 0 Å². The molecule has 70 valence electrons. The predicted octanol–water partition coefficient (Wildman–Crippen LogP) is 2.81. The van der Waals surface area contributed by atoms with Gasteiger partial charge in [0.2, 0.25) is 0 Å². The van der Waals surface area contributed by atoms with Crippen LogP contribution in [-0.4, -0.2) is 4.98 Å². The van der Waals surface area contributed by atoms with Crippen LogP contribution < -0.4 is 5.73 Å². The van der Waals surface area contributed by atoms with E-state index in [4.69, 9.17) is 5.73 Å². The van der Waals surface area contributed by atoms with Gasteiger partial charge in [-0.2, -0.15) is 0 Å². The van der Waals surface area contributed by atoms with Gasteiger partial charge >= 0.3 is 0 Å². The smallest absolute Gasteiger partial charge is 0.0413 e. The van der Waals surface area contributed by atoms with E-state index < -0.39 is 0 Å². The highest BCUT2D eigenvalue weighted by atomic mass is 79.9. The normalized spacial score (nSPS) is 12.5. The summed E-state index contributed by atoms with van der Waals surface area (Å²) in [6, 6.07) is 2.01. The van der Waals surface area contributed by atoms with Gasteiger partial charge < -0.3 is 5.73 Å². The molecule has 2 nitrogen and oxygen atoms in total. The van der Waals surface area contributed by atoms with Gasteiger partial charge in [0.25, 0.3) is 0 Å². The van der Waals surface area contributed by atoms with Crippen molar-refractivity contribution in [1.82, 2.24) is 4.98 Å². The molecule has 0 saturated heterocycles. The van der Waals surface area contributed by atoms with E-state index in [2.05, 4.69) is 27.5 Å². The summed E-state index contributed by atoms with van der Waals surface area (Å²) in [5.74, 6) is 0. The van der Waals surface area contributed by atoms with E-state index >= 15 is 0 Å². The Labute approximate surface area is 87.0 Å². The molecule has 0 fully saturated rings. The van der Waals surface area contributed by atoms with E-state index in [9.17, 15) is 0 Å². The maximum absolute atomic E-state index is 5.98. The zero-order valence-corrected chi connectivity index (χ0v) is 9.00. The van der Waals surface area contributed by atoms with E-state index in [1.54, 1.807) is 12.4 Å². The lowest BCUT2D eigenvalue weighted by molar-refractivity contribution is 0.657. The van der Waals surface area contributed by atoms with E-state index in [-0.39, 0.29) is 6.04 Å². The number of aromatic nitrogens is 1. The number of nitrogens with zero attached hydrogens (tertiary/aromatic N) is 1. The van der Waals surface area contributed by atoms with Crippen molar-refractivity contribution in [3.05, 3.63) is 41.2 Å². The monoisotopic (exact) mass is 240 g/mol. The lowest BCUT2D eigenvalue weighted by Gasteiger charge is -2.11. The number of hydrogen-bond acceptors (Lipinski definition) is 2. The maximum atomic E-state index is 5.98. The molecule has 0 radical (unpaired) electrons. The molecule has 0 amide bonds. The number of rotatable bonds is 4. The summed E-state index contributed by atoms with van der Waals surface area (Å²) in [5, 5.41) is 0. The molecule has 0 aliphatic heterocycles. The lowest BCUT2D eigenvalue weighted by Crippen LogP contribution is -2.10. The fourth-order valence-corrected chi connectivity index (χ4v) is 1.68. The van der Waals surface area contributed by atoms with E-state index in [1.807, 2.05) is 12.1 Å². The van der Waals surface area contributed by atoms with Crippen LogP contribution in [0.15, 0.2) is 35.6 Å². The first kappa shape index (κ1) is 10.4. The Balaban J connectivity index is 2.70. The highest BCUT2D eigenvalue weighted by molar-refractivity contribution is 9.10. The summed E-state index contributed by atoms with van der Waals surface area (Å²) >= 11 is 3.42. The summed E-state index contributed by atoms with van der Waals surface area (Å²) in [6.45, 7) is 3.67. The summed E-state index contributed by atoms with van der Waals surface area (Å²) in [4.78, 5) is 3.99. The highest BCUT2D eigenvalue weighted by Gasteiger charge is 2.07. The number of hydrogen-bond donors (Lipinski definition) is 1. The molecule has 1 atom stereocenters. The third kappa shape index (κ3) is 2.94. The van der Waals surface area contributed by atoms with Gasteiger partial charge in [0.15, 0.2) is 0 Å². The second kappa shape index (κ2) is 5.14. The van der Waals surface area contributed by atoms with Crippen molar-refractivity contribution in [2.24, 2.45) is 5.73 Å². The predicted molar refractivity (Wildman–Crippen MR) is 58.3 cm³/mol. The van der Waals surface area contributed by atoms with Crippen molar-refractivity contribution < 1.29 is 0 Å². The van der Waals surface area contributed by atoms with Crippen LogP contribution in [0.4, 0.5) is 0 Å². The fourth-order valence-electron chi connectivity index (χ4n) is 1.14. The second-order valence-electron chi connectivity index (χ2n) is 2.87. The molecule has 3 heteroatoms. The van der Waals surface area contributed by atoms with Gasteiger partial charge in [0.05, 0.1) is 0 Å². The molecule has 0 aliphatic rings. The number of pyridine rings is 1. The highest BCUT2D eigenvalue weighted by Crippen LogP contribution is 2.23. The third-order valence-corrected chi connectivity index (χ3v) is 2.55. The molecular formula is C10H13BrN2. The summed E-state index contributed by atoms with van der Waals surface area (Å²) in [7, 11) is 0. The standard InChI is InChI=1S/C10H13BrN2/c1-2-3-4-10(12)8-5-6-13-7-9(8)11/h2,5-7,10H,1,3-4,12H2. The van der Waals surface area contributed by atoms with Gasteiger partial charge in [-0.15, -0.1) is 6.58 Å². The number of allylic oxidation sites excluding steroid dienone is 1. The Kier molecular flexibility index (Phi) is 4.12. The van der Waals surface area contributed by atoms with E-state index in [0.717, 1.165) is 22.9 Å². The molecule has 1 heterocycles. The Morgan fingerprint density at radius 2 is 2.46 bits per heavy atom. The van der Waals surface area contributed by atoms with Crippen molar-refractivity contribution in [2.75, 3.05) is 0 Å². The largest absolute Gasteiger partial charge is 0.324 e. The van der Waals surface area contributed by atoms with Crippen LogP contribution in [0.1, 0.15) is 24.4 Å². The zero-order valence-electron chi connectivity index (χ0n) is 7.41. The zero-order chi connectivity index (χ0) is 9.68. The molecule has 13 heavy (non-hydrogen) atoms. The van der Waals surface area contributed by atoms with Crippen molar-refractivity contribution >= 4 is 15.9 Å². The Morgan fingerprint density at radius 3 is 3.08 bits per heavy atom. The van der Waals surface area contributed by atoms with Gasteiger partial charge in [-0.1, -0.05) is 6.08 Å². The first-order valence-corrected chi connectivity index (χ1v) is 5.01. The van der Waals surface area contributed by atoms with Gasteiger partial charge in [-0.05, 0) is 40.4 Å². The molecule has 2 N–H and O–H groups in total. The number of nitrogens with two attached hydrogens (primary N) is 1. The molecule has 0 bridgehead atoms. The van der Waals surface area contributed by atoms with Crippen LogP contribution in [0.2, 0.25) is 0 Å². The first-order chi connectivity index (χ1) is 6.25. The number of halogens is 1. The van der Waals surface area contributed by atoms with Crippen LogP contribution in [-0.2, 0) is 0 Å².